The van der Waals surface area contributed by atoms with Crippen LogP contribution in [0.3, 0.4) is 0 Å². The molecule has 0 bridgehead atoms. The first-order valence-electron chi connectivity index (χ1n) is 4.72. The van der Waals surface area contributed by atoms with E-state index in [1.54, 1.807) is 0 Å². The largest absolute Gasteiger partial charge is 0.131 e. The second kappa shape index (κ2) is 4.01. The predicted molar refractivity (Wildman–Crippen MR) is 60.0 cm³/mol. The Balaban J connectivity index is 2.13. The normalized spacial score (nSPS) is 23.1. The highest BCUT2D eigenvalue weighted by atomic mass is 32.2. The lowest BCUT2D eigenvalue weighted by atomic mass is 9.93. The maximum Gasteiger partial charge on any atom is -0.00175 e. The molecule has 0 spiro atoms. The maximum atomic E-state index is 4.05. The van der Waals surface area contributed by atoms with Gasteiger partial charge in [-0.2, -0.15) is 0 Å². The third kappa shape index (κ3) is 2.16. The second-order valence-electron chi connectivity index (χ2n) is 3.49. The Bertz CT molecular complexity index is 289. The quantitative estimate of drug-likeness (QED) is 0.649. The maximum absolute atomic E-state index is 4.05. The van der Waals surface area contributed by atoms with Crippen molar-refractivity contribution in [1.82, 2.24) is 0 Å². The van der Waals surface area contributed by atoms with Gasteiger partial charge in [0.15, 0.2) is 0 Å². The summed E-state index contributed by atoms with van der Waals surface area (Å²) in [5, 5.41) is 0. The van der Waals surface area contributed by atoms with E-state index in [0.29, 0.717) is 0 Å². The molecule has 0 amide bonds. The highest BCUT2D eigenvalue weighted by molar-refractivity contribution is 8.03. The van der Waals surface area contributed by atoms with Crippen LogP contribution >= 0.6 is 11.8 Å². The Kier molecular flexibility index (Phi) is 2.74. The van der Waals surface area contributed by atoms with Crippen LogP contribution in [0.5, 0.6) is 0 Å². The molecule has 1 saturated heterocycles. The molecule has 1 heterocycles. The van der Waals surface area contributed by atoms with Gasteiger partial charge in [-0.25, -0.2) is 0 Å². The number of thioether (sulfide) groups is 1. The van der Waals surface area contributed by atoms with E-state index in [1.807, 2.05) is 11.8 Å². The van der Waals surface area contributed by atoms with Gasteiger partial charge < -0.3 is 0 Å². The highest BCUT2D eigenvalue weighted by Gasteiger charge is 2.17. The van der Waals surface area contributed by atoms with Crippen LogP contribution in [-0.4, -0.2) is 5.75 Å². The summed E-state index contributed by atoms with van der Waals surface area (Å²) in [6.07, 6.45) is 2.46. The van der Waals surface area contributed by atoms with Crippen LogP contribution in [0, 0.1) is 0 Å². The van der Waals surface area contributed by atoms with Gasteiger partial charge in [-0.3, -0.25) is 0 Å². The third-order valence-corrected chi connectivity index (χ3v) is 3.53. The Morgan fingerprint density at radius 1 is 1.23 bits per heavy atom. The van der Waals surface area contributed by atoms with Crippen LogP contribution in [0.15, 0.2) is 41.8 Å². The van der Waals surface area contributed by atoms with Crippen molar-refractivity contribution in [2.75, 3.05) is 5.75 Å². The predicted octanol–water partition coefficient (Wildman–Crippen LogP) is 3.81. The van der Waals surface area contributed by atoms with E-state index < -0.39 is 0 Å². The van der Waals surface area contributed by atoms with Crippen molar-refractivity contribution in [1.29, 1.82) is 0 Å². The molecule has 0 radical (unpaired) electrons. The number of rotatable bonds is 1. The minimum Gasteiger partial charge on any atom is -0.131 e. The highest BCUT2D eigenvalue weighted by Crippen LogP contribution is 2.37. The molecule has 0 N–H and O–H groups in total. The Hall–Kier alpha value is -0.690. The molecular weight excluding hydrogens is 176 g/mol. The van der Waals surface area contributed by atoms with Gasteiger partial charge in [-0.1, -0.05) is 36.9 Å². The fraction of sp³-hybridized carbons (Fsp3) is 0.333. The van der Waals surface area contributed by atoms with Crippen LogP contribution in [0.25, 0.3) is 0 Å². The van der Waals surface area contributed by atoms with Gasteiger partial charge in [0.05, 0.1) is 0 Å². The smallest absolute Gasteiger partial charge is 0.00175 e. The van der Waals surface area contributed by atoms with Crippen molar-refractivity contribution >= 4 is 11.8 Å². The van der Waals surface area contributed by atoms with E-state index in [-0.39, 0.29) is 0 Å². The first-order valence-corrected chi connectivity index (χ1v) is 5.70. The molecule has 0 nitrogen and oxygen atoms in total. The van der Waals surface area contributed by atoms with Crippen LogP contribution in [0.1, 0.15) is 24.3 Å². The molecule has 1 unspecified atom stereocenters. The van der Waals surface area contributed by atoms with E-state index in [0.717, 1.165) is 12.3 Å². The lowest BCUT2D eigenvalue weighted by molar-refractivity contribution is 0.665. The molecule has 1 heteroatoms. The van der Waals surface area contributed by atoms with Crippen LogP contribution in [0.4, 0.5) is 0 Å². The van der Waals surface area contributed by atoms with Gasteiger partial charge in [0, 0.05) is 0 Å². The number of hydrogen-bond donors (Lipinski definition) is 0. The number of hydrogen-bond acceptors (Lipinski definition) is 1. The zero-order valence-electron chi connectivity index (χ0n) is 7.70. The first-order chi connectivity index (χ1) is 6.36. The number of allylic oxidation sites excluding steroid dienone is 1. The summed E-state index contributed by atoms with van der Waals surface area (Å²) in [5.41, 5.74) is 1.48. The summed E-state index contributed by atoms with van der Waals surface area (Å²) in [5.74, 6) is 1.95. The molecule has 1 aromatic carbocycles. The monoisotopic (exact) mass is 190 g/mol. The van der Waals surface area contributed by atoms with Gasteiger partial charge in [0.25, 0.3) is 0 Å². The molecule has 0 saturated carbocycles. The SMILES string of the molecule is C=C1CC(c2ccccc2)CCS1. The Morgan fingerprint density at radius 2 is 2.00 bits per heavy atom. The molecule has 1 fully saturated rings. The molecule has 2 rings (SSSR count). The first kappa shape index (κ1) is 8.89. The van der Waals surface area contributed by atoms with E-state index in [2.05, 4.69) is 36.9 Å². The topological polar surface area (TPSA) is 0 Å². The van der Waals surface area contributed by atoms with Gasteiger partial charge in [0.1, 0.15) is 0 Å². The van der Waals surface area contributed by atoms with Crippen molar-refractivity contribution in [2.24, 2.45) is 0 Å². The fourth-order valence-electron chi connectivity index (χ4n) is 1.79. The van der Waals surface area contributed by atoms with Gasteiger partial charge in [0.2, 0.25) is 0 Å². The van der Waals surface area contributed by atoms with Gasteiger partial charge >= 0.3 is 0 Å². The molecule has 1 aromatic rings. The summed E-state index contributed by atoms with van der Waals surface area (Å²) in [6.45, 7) is 4.05. The molecule has 13 heavy (non-hydrogen) atoms. The van der Waals surface area contributed by atoms with Gasteiger partial charge in [-0.15, -0.1) is 11.8 Å². The molecule has 0 aliphatic carbocycles. The van der Waals surface area contributed by atoms with Crippen molar-refractivity contribution in [3.8, 4) is 0 Å². The summed E-state index contributed by atoms with van der Waals surface area (Å²) in [6, 6.07) is 10.8. The van der Waals surface area contributed by atoms with Crippen LogP contribution in [-0.2, 0) is 0 Å². The molecule has 68 valence electrons. The molecule has 1 aliphatic heterocycles. The number of benzene rings is 1. The van der Waals surface area contributed by atoms with E-state index in [1.165, 1.54) is 22.6 Å². The Morgan fingerprint density at radius 3 is 2.69 bits per heavy atom. The van der Waals surface area contributed by atoms with Crippen molar-refractivity contribution in [3.05, 3.63) is 47.4 Å². The summed E-state index contributed by atoms with van der Waals surface area (Å²) in [7, 11) is 0. The standard InChI is InChI=1S/C12H14S/c1-10-9-12(7-8-13-10)11-5-3-2-4-6-11/h2-6,12H,1,7-9H2. The van der Waals surface area contributed by atoms with Crippen molar-refractivity contribution < 1.29 is 0 Å². The summed E-state index contributed by atoms with van der Waals surface area (Å²) < 4.78 is 0. The van der Waals surface area contributed by atoms with E-state index >= 15 is 0 Å². The molecule has 1 aliphatic rings. The van der Waals surface area contributed by atoms with E-state index in [9.17, 15) is 0 Å². The zero-order chi connectivity index (χ0) is 9.10. The summed E-state index contributed by atoms with van der Waals surface area (Å²) in [4.78, 5) is 1.35. The lowest BCUT2D eigenvalue weighted by Crippen LogP contribution is -2.05. The fourth-order valence-corrected chi connectivity index (χ4v) is 2.80. The summed E-state index contributed by atoms with van der Waals surface area (Å²) >= 11 is 1.92. The minimum atomic E-state index is 0.718. The average molecular weight is 190 g/mol. The second-order valence-corrected chi connectivity index (χ2v) is 4.76. The third-order valence-electron chi connectivity index (χ3n) is 2.52. The molecule has 1 atom stereocenters. The van der Waals surface area contributed by atoms with Crippen molar-refractivity contribution in [2.45, 2.75) is 18.8 Å². The Labute approximate surface area is 84.0 Å². The molecule has 0 aromatic heterocycles. The average Bonchev–Trinajstić information content (AvgIpc) is 2.19. The van der Waals surface area contributed by atoms with Crippen LogP contribution < -0.4 is 0 Å². The van der Waals surface area contributed by atoms with Crippen molar-refractivity contribution in [3.63, 3.8) is 0 Å². The van der Waals surface area contributed by atoms with Crippen LogP contribution in [0.2, 0.25) is 0 Å². The van der Waals surface area contributed by atoms with E-state index in [4.69, 9.17) is 0 Å². The minimum absolute atomic E-state index is 0.718. The molecular formula is C12H14S. The zero-order valence-corrected chi connectivity index (χ0v) is 8.52. The lowest BCUT2D eigenvalue weighted by Gasteiger charge is -2.23. The van der Waals surface area contributed by atoms with Gasteiger partial charge in [-0.05, 0) is 35.0 Å².